The van der Waals surface area contributed by atoms with Gasteiger partial charge in [-0.25, -0.2) is 5.48 Å². The number of fused-ring (bicyclic) bond motifs is 3. The number of amides is 2. The van der Waals surface area contributed by atoms with Crippen LogP contribution in [0, 0.1) is 11.8 Å². The minimum absolute atomic E-state index is 0.0163. The van der Waals surface area contributed by atoms with Crippen molar-refractivity contribution >= 4 is 29.1 Å². The van der Waals surface area contributed by atoms with Crippen LogP contribution in [0.5, 0.6) is 5.75 Å². The normalized spacial score (nSPS) is 25.6. The van der Waals surface area contributed by atoms with Crippen LogP contribution in [0.2, 0.25) is 0 Å². The first-order chi connectivity index (χ1) is 16.4. The van der Waals surface area contributed by atoms with Crippen LogP contribution in [0.3, 0.4) is 0 Å². The zero-order valence-corrected chi connectivity index (χ0v) is 19.2. The van der Waals surface area contributed by atoms with Gasteiger partial charge in [0.2, 0.25) is 5.78 Å². The lowest BCUT2D eigenvalue weighted by Gasteiger charge is -2.45. The summed E-state index contributed by atoms with van der Waals surface area (Å²) in [6, 6.07) is 1.40. The molecular weight excluding hydrogens is 462 g/mol. The lowest BCUT2D eigenvalue weighted by Crippen LogP contribution is -2.57. The molecule has 0 bridgehead atoms. The monoisotopic (exact) mass is 487 g/mol. The minimum Gasteiger partial charge on any atom is -0.511 e. The molecule has 0 aliphatic heterocycles. The number of aromatic hydroxyl groups is 1. The Labute approximate surface area is 199 Å². The number of aliphatic hydroxyl groups is 3. The highest BCUT2D eigenvalue weighted by Crippen LogP contribution is 2.52. The second-order valence-electron chi connectivity index (χ2n) is 9.09. The number of nitrogens with zero attached hydrogens (tertiary/aromatic N) is 1. The van der Waals surface area contributed by atoms with Crippen LogP contribution in [0.25, 0.3) is 0 Å². The number of primary amides is 1. The molecule has 0 spiro atoms. The molecule has 0 saturated heterocycles. The molecule has 1 aromatic rings. The fourth-order valence-corrected chi connectivity index (χ4v) is 5.39. The van der Waals surface area contributed by atoms with Crippen molar-refractivity contribution in [1.82, 2.24) is 5.48 Å². The Balaban J connectivity index is 1.94. The number of ketones is 2. The summed E-state index contributed by atoms with van der Waals surface area (Å²) in [6.07, 6.45) is -0.165. The van der Waals surface area contributed by atoms with Crippen LogP contribution in [-0.4, -0.2) is 70.6 Å². The van der Waals surface area contributed by atoms with Crippen molar-refractivity contribution in [1.29, 1.82) is 0 Å². The quantitative estimate of drug-likeness (QED) is 0.247. The molecule has 0 radical (unpaired) electrons. The van der Waals surface area contributed by atoms with Gasteiger partial charge in [-0.1, -0.05) is 0 Å². The number of nitrogens with two attached hydrogens (primary N) is 1. The Kier molecular flexibility index (Phi) is 5.61. The number of phenolic OH excluding ortho intramolecular Hbond substituents is 1. The van der Waals surface area contributed by atoms with E-state index in [4.69, 9.17) is 5.73 Å². The molecule has 3 aliphatic rings. The lowest BCUT2D eigenvalue weighted by molar-refractivity contribution is -0.144. The molecule has 0 heterocycles. The molecule has 0 aromatic heterocycles. The molecule has 0 unspecified atom stereocenters. The fraction of sp³-hybridized carbons (Fsp3) is 0.391. The number of nitrogens with one attached hydrogen (secondary N) is 1. The van der Waals surface area contributed by atoms with Gasteiger partial charge >= 0.3 is 0 Å². The molecule has 7 N–H and O–H groups in total. The number of hydrogen-bond donors (Lipinski definition) is 6. The average Bonchev–Trinajstić information content (AvgIpc) is 2.76. The molecule has 0 saturated carbocycles. The Bertz CT molecular complexity index is 1260. The van der Waals surface area contributed by atoms with Gasteiger partial charge in [-0.3, -0.25) is 24.0 Å². The van der Waals surface area contributed by atoms with Crippen molar-refractivity contribution in [2.24, 2.45) is 17.6 Å². The van der Waals surface area contributed by atoms with Crippen molar-refractivity contribution in [2.75, 3.05) is 26.1 Å². The van der Waals surface area contributed by atoms with Crippen LogP contribution in [0.15, 0.2) is 28.7 Å². The molecule has 3 atom stereocenters. The van der Waals surface area contributed by atoms with Crippen molar-refractivity contribution in [3.8, 4) is 5.75 Å². The van der Waals surface area contributed by atoms with E-state index in [0.29, 0.717) is 11.3 Å². The highest BCUT2D eigenvalue weighted by molar-refractivity contribution is 6.24. The first-order valence-electron chi connectivity index (χ1n) is 10.7. The molecule has 3 aliphatic carbocycles. The summed E-state index contributed by atoms with van der Waals surface area (Å²) < 4.78 is 0. The van der Waals surface area contributed by atoms with E-state index in [1.165, 1.54) is 13.2 Å². The van der Waals surface area contributed by atoms with Gasteiger partial charge in [0, 0.05) is 37.7 Å². The van der Waals surface area contributed by atoms with Crippen LogP contribution >= 0.6 is 0 Å². The van der Waals surface area contributed by atoms with Crippen LogP contribution < -0.4 is 16.1 Å². The third-order valence-electron chi connectivity index (χ3n) is 6.96. The predicted molar refractivity (Wildman–Crippen MR) is 120 cm³/mol. The molecule has 2 amide bonds. The molecule has 1 aromatic carbocycles. The number of benzene rings is 1. The van der Waals surface area contributed by atoms with Crippen LogP contribution in [-0.2, 0) is 20.8 Å². The molecule has 12 nitrogen and oxygen atoms in total. The van der Waals surface area contributed by atoms with E-state index in [9.17, 15) is 39.6 Å². The third kappa shape index (κ3) is 3.28. The molecular formula is C23H25N3O9. The van der Waals surface area contributed by atoms with E-state index in [2.05, 4.69) is 10.3 Å². The van der Waals surface area contributed by atoms with E-state index in [1.807, 2.05) is 0 Å². The van der Waals surface area contributed by atoms with Crippen molar-refractivity contribution in [3.63, 3.8) is 0 Å². The summed E-state index contributed by atoms with van der Waals surface area (Å²) in [5, 5.41) is 43.5. The zero-order valence-electron chi connectivity index (χ0n) is 19.2. The van der Waals surface area contributed by atoms with Crippen molar-refractivity contribution < 1.29 is 44.4 Å². The second kappa shape index (κ2) is 8.10. The predicted octanol–water partition coefficient (Wildman–Crippen LogP) is -0.0623. The van der Waals surface area contributed by atoms with E-state index in [-0.39, 0.29) is 36.0 Å². The van der Waals surface area contributed by atoms with E-state index in [0.717, 1.165) is 0 Å². The van der Waals surface area contributed by atoms with Gasteiger partial charge in [-0.05, 0) is 30.4 Å². The number of hydrogen-bond acceptors (Lipinski definition) is 10. The van der Waals surface area contributed by atoms with Gasteiger partial charge in [0.25, 0.3) is 11.8 Å². The molecule has 0 fully saturated rings. The lowest BCUT2D eigenvalue weighted by atomic mass is 9.60. The largest absolute Gasteiger partial charge is 0.511 e. The van der Waals surface area contributed by atoms with Gasteiger partial charge in [-0.2, -0.15) is 0 Å². The Morgan fingerprint density at radius 2 is 1.86 bits per heavy atom. The zero-order chi connectivity index (χ0) is 26.0. The highest BCUT2D eigenvalue weighted by Gasteiger charge is 2.59. The van der Waals surface area contributed by atoms with Gasteiger partial charge < -0.3 is 31.1 Å². The van der Waals surface area contributed by atoms with Crippen molar-refractivity contribution in [3.05, 3.63) is 45.4 Å². The standard InChI is InChI=1S/C23H25N3O9/c1-26(2)12-7-11(22(33)25-35-3)17(28)15-10(12)5-8-4-9-6-13(27)16(21(24)32)20(31)23(9,34)19(30)14(8)18(15)29/h7-9,27-28,30,34H,4-6H2,1-3H3,(H2,24,32)(H,25,33)/t8-,9+,23+/m1/s1. The molecule has 12 heteroatoms. The highest BCUT2D eigenvalue weighted by atomic mass is 16.6. The number of carbonyl (C=O) groups is 4. The van der Waals surface area contributed by atoms with Crippen LogP contribution in [0.1, 0.15) is 39.1 Å². The number of aliphatic hydroxyl groups excluding tert-OH is 2. The Hall–Kier alpha value is -3.90. The second-order valence-corrected chi connectivity index (χ2v) is 9.09. The maximum absolute atomic E-state index is 13.7. The number of phenols is 1. The molecule has 4 rings (SSSR count). The molecule has 35 heavy (non-hydrogen) atoms. The number of carbonyl (C=O) groups excluding carboxylic acids is 4. The maximum Gasteiger partial charge on any atom is 0.278 e. The summed E-state index contributed by atoms with van der Waals surface area (Å²) >= 11 is 0. The van der Waals surface area contributed by atoms with E-state index in [1.54, 1.807) is 19.0 Å². The SMILES string of the molecule is CONC(=O)c1cc(N(C)C)c2c(c1O)C(=O)C1=C(O)[C@]3(O)C(=O)C(C(N)=O)=C(O)C[C@@H]3C[C@@H]1C2. The fourth-order valence-electron chi connectivity index (χ4n) is 5.39. The Morgan fingerprint density at radius 3 is 2.43 bits per heavy atom. The van der Waals surface area contributed by atoms with Gasteiger partial charge in [0.15, 0.2) is 11.4 Å². The smallest absolute Gasteiger partial charge is 0.278 e. The van der Waals surface area contributed by atoms with E-state index < -0.39 is 63.7 Å². The average molecular weight is 487 g/mol. The number of hydroxylamine groups is 1. The third-order valence-corrected chi connectivity index (χ3v) is 6.96. The van der Waals surface area contributed by atoms with Crippen LogP contribution in [0.4, 0.5) is 5.69 Å². The minimum atomic E-state index is -2.65. The first kappa shape index (κ1) is 24.2. The molecule has 186 valence electrons. The Morgan fingerprint density at radius 1 is 1.20 bits per heavy atom. The summed E-state index contributed by atoms with van der Waals surface area (Å²) in [5.41, 5.74) is 3.84. The number of allylic oxidation sites excluding steroid dienone is 2. The summed E-state index contributed by atoms with van der Waals surface area (Å²) in [5.74, 6) is -8.16. The maximum atomic E-state index is 13.7. The number of rotatable bonds is 4. The number of anilines is 1. The van der Waals surface area contributed by atoms with Gasteiger partial charge in [0.05, 0.1) is 18.2 Å². The van der Waals surface area contributed by atoms with Gasteiger partial charge in [0.1, 0.15) is 22.8 Å². The first-order valence-corrected chi connectivity index (χ1v) is 10.7. The summed E-state index contributed by atoms with van der Waals surface area (Å²) in [6.45, 7) is 0. The number of Topliss-reactive ketones (excluding diaryl/α,β-unsaturated/α-hetero) is 2. The van der Waals surface area contributed by atoms with Crippen molar-refractivity contribution in [2.45, 2.75) is 24.9 Å². The topological polar surface area (TPSA) is 200 Å². The summed E-state index contributed by atoms with van der Waals surface area (Å²) in [4.78, 5) is 57.1. The van der Waals surface area contributed by atoms with E-state index >= 15 is 0 Å². The summed E-state index contributed by atoms with van der Waals surface area (Å²) in [7, 11) is 4.57. The van der Waals surface area contributed by atoms with Gasteiger partial charge in [-0.15, -0.1) is 0 Å².